The summed E-state index contributed by atoms with van der Waals surface area (Å²) < 4.78 is 10.2. The van der Waals surface area contributed by atoms with E-state index in [0.717, 1.165) is 31.2 Å². The lowest BCUT2D eigenvalue weighted by molar-refractivity contribution is 0.411. The lowest BCUT2D eigenvalue weighted by Gasteiger charge is -2.18. The summed E-state index contributed by atoms with van der Waals surface area (Å²) >= 11 is 6.16. The molecule has 0 aliphatic heterocycles. The van der Waals surface area contributed by atoms with Gasteiger partial charge in [0.05, 0.1) is 19.1 Å². The Morgan fingerprint density at radius 2 is 1.88 bits per heavy atom. The molecule has 8 heteroatoms. The van der Waals surface area contributed by atoms with Gasteiger partial charge in [-0.25, -0.2) is 14.3 Å². The van der Waals surface area contributed by atoms with Gasteiger partial charge in [0.1, 0.15) is 5.75 Å². The van der Waals surface area contributed by atoms with Crippen LogP contribution in [-0.4, -0.2) is 25.8 Å². The van der Waals surface area contributed by atoms with Crippen molar-refractivity contribution >= 4 is 22.8 Å². The summed E-state index contributed by atoms with van der Waals surface area (Å²) in [6.07, 6.45) is 5.25. The predicted molar refractivity (Wildman–Crippen MR) is 124 cm³/mol. The van der Waals surface area contributed by atoms with Crippen LogP contribution in [0.2, 0.25) is 5.02 Å². The normalized spacial score (nSPS) is 14.3. The molecule has 2 aromatic heterocycles. The van der Waals surface area contributed by atoms with E-state index in [1.165, 1.54) is 9.13 Å². The van der Waals surface area contributed by atoms with E-state index < -0.39 is 0 Å². The van der Waals surface area contributed by atoms with Crippen LogP contribution in [0, 0.1) is 0 Å². The summed E-state index contributed by atoms with van der Waals surface area (Å²) in [6.45, 7) is 0.418. The second-order valence-corrected chi connectivity index (χ2v) is 8.51. The maximum Gasteiger partial charge on any atom is 0.337 e. The summed E-state index contributed by atoms with van der Waals surface area (Å²) in [5.74, 6) is 0.539. The van der Waals surface area contributed by atoms with Crippen molar-refractivity contribution in [2.75, 3.05) is 7.11 Å². The molecule has 0 atom stereocenters. The molecule has 0 N–H and O–H groups in total. The monoisotopic (exact) mass is 450 g/mol. The quantitative estimate of drug-likeness (QED) is 0.457. The van der Waals surface area contributed by atoms with Crippen LogP contribution in [0.15, 0.2) is 64.4 Å². The van der Waals surface area contributed by atoms with Gasteiger partial charge in [-0.1, -0.05) is 48.7 Å². The SMILES string of the molecule is COc1ccccc1-n1c(=O)n(C2CCCC2)c(=O)c2c1ncn2Cc1cccc(Cl)c1. The number of halogens is 1. The molecule has 32 heavy (non-hydrogen) atoms. The van der Waals surface area contributed by atoms with Crippen molar-refractivity contribution in [3.8, 4) is 11.4 Å². The minimum Gasteiger partial charge on any atom is -0.495 e. The fourth-order valence-electron chi connectivity index (χ4n) is 4.62. The molecule has 0 amide bonds. The van der Waals surface area contributed by atoms with Crippen molar-refractivity contribution in [1.29, 1.82) is 0 Å². The molecule has 2 aromatic carbocycles. The number of hydrogen-bond donors (Lipinski definition) is 0. The summed E-state index contributed by atoms with van der Waals surface area (Å²) in [5, 5.41) is 0.626. The van der Waals surface area contributed by atoms with Crippen molar-refractivity contribution < 1.29 is 4.74 Å². The molecule has 1 aliphatic rings. The Hall–Kier alpha value is -3.32. The van der Waals surface area contributed by atoms with E-state index >= 15 is 0 Å². The molecule has 1 fully saturated rings. The van der Waals surface area contributed by atoms with Gasteiger partial charge >= 0.3 is 5.69 Å². The zero-order valence-electron chi connectivity index (χ0n) is 17.7. The smallest absolute Gasteiger partial charge is 0.337 e. The number of rotatable bonds is 5. The highest BCUT2D eigenvalue weighted by atomic mass is 35.5. The lowest BCUT2D eigenvalue weighted by atomic mass is 10.2. The maximum absolute atomic E-state index is 13.7. The topological polar surface area (TPSA) is 71.1 Å². The van der Waals surface area contributed by atoms with Crippen molar-refractivity contribution in [3.05, 3.63) is 86.3 Å². The van der Waals surface area contributed by atoms with Crippen LogP contribution in [0.4, 0.5) is 0 Å². The molecule has 5 rings (SSSR count). The Bertz CT molecular complexity index is 1410. The zero-order valence-corrected chi connectivity index (χ0v) is 18.5. The third-order valence-corrected chi connectivity index (χ3v) is 6.34. The van der Waals surface area contributed by atoms with Gasteiger partial charge in [0.25, 0.3) is 5.56 Å². The van der Waals surface area contributed by atoms with Crippen LogP contribution < -0.4 is 16.0 Å². The molecule has 4 aromatic rings. The van der Waals surface area contributed by atoms with Crippen LogP contribution in [0.1, 0.15) is 37.3 Å². The van der Waals surface area contributed by atoms with Crippen LogP contribution >= 0.6 is 11.6 Å². The Morgan fingerprint density at radius 3 is 2.62 bits per heavy atom. The molecule has 0 spiro atoms. The fraction of sp³-hybridized carbons (Fsp3) is 0.292. The highest BCUT2D eigenvalue weighted by molar-refractivity contribution is 6.30. The number of para-hydroxylation sites is 2. The number of methoxy groups -OCH3 is 1. The minimum absolute atomic E-state index is 0.116. The summed E-state index contributed by atoms with van der Waals surface area (Å²) in [6, 6.07) is 14.7. The maximum atomic E-state index is 13.7. The van der Waals surface area contributed by atoms with E-state index in [-0.39, 0.29) is 17.3 Å². The zero-order chi connectivity index (χ0) is 22.2. The second-order valence-electron chi connectivity index (χ2n) is 8.08. The van der Waals surface area contributed by atoms with Crippen molar-refractivity contribution in [2.24, 2.45) is 0 Å². The number of hydrogen-bond acceptors (Lipinski definition) is 4. The summed E-state index contributed by atoms with van der Waals surface area (Å²) in [4.78, 5) is 31.8. The van der Waals surface area contributed by atoms with Gasteiger partial charge < -0.3 is 9.30 Å². The molecule has 0 bridgehead atoms. The number of benzene rings is 2. The molecule has 0 radical (unpaired) electrons. The summed E-state index contributed by atoms with van der Waals surface area (Å²) in [7, 11) is 1.56. The largest absolute Gasteiger partial charge is 0.495 e. The first kappa shape index (κ1) is 20.6. The fourth-order valence-corrected chi connectivity index (χ4v) is 4.83. The minimum atomic E-state index is -0.382. The van der Waals surface area contributed by atoms with Crippen LogP contribution in [-0.2, 0) is 6.54 Å². The molecule has 164 valence electrons. The molecule has 2 heterocycles. The van der Waals surface area contributed by atoms with Gasteiger partial charge in [-0.05, 0) is 42.7 Å². The number of aromatic nitrogens is 4. The van der Waals surface area contributed by atoms with Crippen LogP contribution in [0.25, 0.3) is 16.9 Å². The summed E-state index contributed by atoms with van der Waals surface area (Å²) in [5.41, 5.74) is 1.53. The Balaban J connectivity index is 1.80. The third-order valence-electron chi connectivity index (χ3n) is 6.11. The van der Waals surface area contributed by atoms with Gasteiger partial charge in [0, 0.05) is 17.6 Å². The molecule has 0 unspecified atom stereocenters. The highest BCUT2D eigenvalue weighted by Crippen LogP contribution is 2.29. The van der Waals surface area contributed by atoms with E-state index in [2.05, 4.69) is 4.98 Å². The average molecular weight is 451 g/mol. The van der Waals surface area contributed by atoms with Crippen molar-refractivity contribution in [3.63, 3.8) is 0 Å². The first-order chi connectivity index (χ1) is 15.6. The molecule has 0 saturated heterocycles. The number of fused-ring (bicyclic) bond motifs is 1. The Labute approximate surface area is 189 Å². The van der Waals surface area contributed by atoms with Gasteiger partial charge in [-0.2, -0.15) is 0 Å². The van der Waals surface area contributed by atoms with E-state index in [4.69, 9.17) is 16.3 Å². The van der Waals surface area contributed by atoms with Gasteiger partial charge in [0.15, 0.2) is 11.2 Å². The van der Waals surface area contributed by atoms with Gasteiger partial charge in [0.2, 0.25) is 0 Å². The average Bonchev–Trinajstić information content (AvgIpc) is 3.45. The molecule has 1 saturated carbocycles. The molecule has 1 aliphatic carbocycles. The van der Waals surface area contributed by atoms with E-state index in [1.807, 2.05) is 36.4 Å². The Morgan fingerprint density at radius 1 is 1.09 bits per heavy atom. The van der Waals surface area contributed by atoms with Crippen molar-refractivity contribution in [1.82, 2.24) is 18.7 Å². The first-order valence-electron chi connectivity index (χ1n) is 10.7. The van der Waals surface area contributed by atoms with E-state index in [9.17, 15) is 9.59 Å². The van der Waals surface area contributed by atoms with Crippen LogP contribution in [0.5, 0.6) is 5.75 Å². The third kappa shape index (κ3) is 3.42. The predicted octanol–water partition coefficient (Wildman–Crippen LogP) is 4.17. The lowest BCUT2D eigenvalue weighted by Crippen LogP contribution is -2.42. The standard InChI is InChI=1S/C24H23ClN4O3/c1-32-20-12-5-4-11-19(20)29-22-21(23(30)28(24(29)31)18-9-2-3-10-18)27(15-26-22)14-16-7-6-8-17(25)13-16/h4-8,11-13,15,18H,2-3,9-10,14H2,1H3. The van der Waals surface area contributed by atoms with Gasteiger partial charge in [-0.15, -0.1) is 0 Å². The Kier molecular flexibility index (Phi) is 5.35. The van der Waals surface area contributed by atoms with Gasteiger partial charge in [-0.3, -0.25) is 9.36 Å². The van der Waals surface area contributed by atoms with E-state index in [0.29, 0.717) is 34.2 Å². The van der Waals surface area contributed by atoms with Crippen molar-refractivity contribution in [2.45, 2.75) is 38.3 Å². The first-order valence-corrected chi connectivity index (χ1v) is 11.1. The molecular formula is C24H23ClN4O3. The second kappa shape index (κ2) is 8.31. The number of nitrogens with zero attached hydrogens (tertiary/aromatic N) is 4. The molecule has 7 nitrogen and oxygen atoms in total. The van der Waals surface area contributed by atoms with E-state index in [1.54, 1.807) is 30.1 Å². The number of ether oxygens (including phenoxy) is 1. The highest BCUT2D eigenvalue weighted by Gasteiger charge is 2.27. The molecular weight excluding hydrogens is 428 g/mol. The van der Waals surface area contributed by atoms with Crippen LogP contribution in [0.3, 0.4) is 0 Å². The number of imidazole rings is 1.